The molecule has 2 aromatic carbocycles. The van der Waals surface area contributed by atoms with E-state index in [2.05, 4.69) is 5.32 Å². The van der Waals surface area contributed by atoms with Crippen LogP contribution in [0.5, 0.6) is 11.5 Å². The van der Waals surface area contributed by atoms with Gasteiger partial charge in [-0.15, -0.1) is 0 Å². The van der Waals surface area contributed by atoms with Crippen LogP contribution >= 0.6 is 0 Å². The van der Waals surface area contributed by atoms with Crippen molar-refractivity contribution in [3.8, 4) is 11.5 Å². The lowest BCUT2D eigenvalue weighted by Gasteiger charge is -2.23. The average molecular weight is 311 g/mol. The highest BCUT2D eigenvalue weighted by Gasteiger charge is 2.31. The maximum Gasteiger partial charge on any atom is 0.339 e. The fraction of sp³-hybridized carbons (Fsp3) is 0.176. The Morgan fingerprint density at radius 1 is 1.09 bits per heavy atom. The molecule has 0 fully saturated rings. The molecular weight excluding hydrogens is 298 g/mol. The number of fused-ring (bicyclic) bond motifs is 2. The first-order chi connectivity index (χ1) is 11.2. The van der Waals surface area contributed by atoms with Crippen LogP contribution in [0.1, 0.15) is 15.9 Å². The van der Waals surface area contributed by atoms with E-state index in [1.54, 1.807) is 30.3 Å². The summed E-state index contributed by atoms with van der Waals surface area (Å²) in [6.07, 6.45) is -0.485. The molecule has 0 unspecified atom stereocenters. The number of benzene rings is 2. The van der Waals surface area contributed by atoms with E-state index in [9.17, 15) is 9.59 Å². The second-order valence-corrected chi connectivity index (χ2v) is 5.31. The van der Waals surface area contributed by atoms with Gasteiger partial charge in [0, 0.05) is 18.2 Å². The van der Waals surface area contributed by atoms with Crippen molar-refractivity contribution < 1.29 is 23.8 Å². The number of carbonyl (C=O) groups excluding carboxylic acids is 2. The zero-order chi connectivity index (χ0) is 15.8. The van der Waals surface area contributed by atoms with Crippen LogP contribution in [0, 0.1) is 0 Å². The topological polar surface area (TPSA) is 73.9 Å². The van der Waals surface area contributed by atoms with Gasteiger partial charge >= 0.3 is 5.97 Å². The number of esters is 1. The van der Waals surface area contributed by atoms with Crippen molar-refractivity contribution in [3.63, 3.8) is 0 Å². The molecular formula is C17H13NO5. The van der Waals surface area contributed by atoms with Crippen molar-refractivity contribution in [1.29, 1.82) is 0 Å². The molecule has 2 aromatic rings. The summed E-state index contributed by atoms with van der Waals surface area (Å²) in [5.74, 6) is 0.374. The van der Waals surface area contributed by atoms with Gasteiger partial charge in [-0.25, -0.2) is 4.79 Å². The summed E-state index contributed by atoms with van der Waals surface area (Å²) in [6.45, 7) is 0.170. The van der Waals surface area contributed by atoms with Gasteiger partial charge in [-0.1, -0.05) is 18.2 Å². The molecule has 2 heterocycles. The number of carbonyl (C=O) groups is 2. The second-order valence-electron chi connectivity index (χ2n) is 5.31. The third kappa shape index (κ3) is 2.48. The van der Waals surface area contributed by atoms with Crippen LogP contribution in [0.3, 0.4) is 0 Å². The number of amides is 1. The molecule has 0 radical (unpaired) electrons. The van der Waals surface area contributed by atoms with E-state index in [1.807, 2.05) is 12.1 Å². The summed E-state index contributed by atoms with van der Waals surface area (Å²) in [6, 6.07) is 12.3. The van der Waals surface area contributed by atoms with Crippen LogP contribution < -0.4 is 14.8 Å². The fourth-order valence-corrected chi connectivity index (χ4v) is 2.67. The Kier molecular flexibility index (Phi) is 3.15. The zero-order valence-electron chi connectivity index (χ0n) is 12.1. The van der Waals surface area contributed by atoms with Crippen LogP contribution in [-0.2, 0) is 16.0 Å². The monoisotopic (exact) mass is 311 g/mol. The van der Waals surface area contributed by atoms with E-state index < -0.39 is 12.1 Å². The van der Waals surface area contributed by atoms with Gasteiger partial charge in [0.15, 0.2) is 17.6 Å². The standard InChI is InChI=1S/C17H13NO5/c19-16(18-11-5-6-13-14(8-11)22-9-21-13)15-7-10-3-1-2-4-12(10)17(20)23-15/h1-6,8,15H,7,9H2,(H,18,19)/t15-/m0/s1. The lowest BCUT2D eigenvalue weighted by Crippen LogP contribution is -2.37. The summed E-state index contributed by atoms with van der Waals surface area (Å²) >= 11 is 0. The van der Waals surface area contributed by atoms with Crippen molar-refractivity contribution in [2.45, 2.75) is 12.5 Å². The van der Waals surface area contributed by atoms with Crippen molar-refractivity contribution in [1.82, 2.24) is 0 Å². The van der Waals surface area contributed by atoms with Crippen molar-refractivity contribution in [2.75, 3.05) is 12.1 Å². The molecule has 0 bridgehead atoms. The highest BCUT2D eigenvalue weighted by molar-refractivity contribution is 6.00. The Morgan fingerprint density at radius 2 is 1.91 bits per heavy atom. The second kappa shape index (κ2) is 5.31. The third-order valence-corrected chi connectivity index (χ3v) is 3.82. The largest absolute Gasteiger partial charge is 0.454 e. The number of ether oxygens (including phenoxy) is 3. The molecule has 2 aliphatic heterocycles. The third-order valence-electron chi connectivity index (χ3n) is 3.82. The van der Waals surface area contributed by atoms with Crippen molar-refractivity contribution in [2.24, 2.45) is 0 Å². The zero-order valence-corrected chi connectivity index (χ0v) is 12.1. The SMILES string of the molecule is O=C1O[C@H](C(=O)Nc2ccc3c(c2)OCO3)Cc2ccccc21. The summed E-state index contributed by atoms with van der Waals surface area (Å²) in [4.78, 5) is 24.3. The average Bonchev–Trinajstić information content (AvgIpc) is 3.02. The maximum absolute atomic E-state index is 12.4. The minimum atomic E-state index is -0.845. The lowest BCUT2D eigenvalue weighted by molar-refractivity contribution is -0.125. The van der Waals surface area contributed by atoms with Gasteiger partial charge in [0.1, 0.15) is 0 Å². The molecule has 23 heavy (non-hydrogen) atoms. The van der Waals surface area contributed by atoms with Gasteiger partial charge in [-0.2, -0.15) is 0 Å². The molecule has 4 rings (SSSR count). The van der Waals surface area contributed by atoms with E-state index in [0.29, 0.717) is 29.2 Å². The Hall–Kier alpha value is -3.02. The van der Waals surface area contributed by atoms with Gasteiger partial charge < -0.3 is 19.5 Å². The van der Waals surface area contributed by atoms with Gasteiger partial charge in [0.05, 0.1) is 5.56 Å². The Morgan fingerprint density at radius 3 is 2.83 bits per heavy atom. The van der Waals surface area contributed by atoms with E-state index in [1.165, 1.54) is 0 Å². The first-order valence-electron chi connectivity index (χ1n) is 7.20. The highest BCUT2D eigenvalue weighted by atomic mass is 16.7. The lowest BCUT2D eigenvalue weighted by atomic mass is 9.98. The molecule has 0 aromatic heterocycles. The number of rotatable bonds is 2. The molecule has 2 aliphatic rings. The summed E-state index contributed by atoms with van der Waals surface area (Å²) in [5, 5.41) is 2.74. The Bertz CT molecular complexity index is 801. The minimum absolute atomic E-state index is 0.170. The minimum Gasteiger partial charge on any atom is -0.454 e. The summed E-state index contributed by atoms with van der Waals surface area (Å²) in [5.41, 5.74) is 1.89. The van der Waals surface area contributed by atoms with E-state index in [4.69, 9.17) is 14.2 Å². The molecule has 6 nitrogen and oxygen atoms in total. The summed E-state index contributed by atoms with van der Waals surface area (Å²) < 4.78 is 15.7. The maximum atomic E-state index is 12.4. The Balaban J connectivity index is 1.51. The molecule has 1 amide bonds. The molecule has 0 saturated heterocycles. The normalized spacial score (nSPS) is 18.1. The van der Waals surface area contributed by atoms with Crippen LogP contribution in [0.2, 0.25) is 0 Å². The summed E-state index contributed by atoms with van der Waals surface area (Å²) in [7, 11) is 0. The molecule has 1 N–H and O–H groups in total. The van der Waals surface area contributed by atoms with E-state index in [-0.39, 0.29) is 12.7 Å². The molecule has 116 valence electrons. The molecule has 0 spiro atoms. The number of hydrogen-bond acceptors (Lipinski definition) is 5. The predicted octanol–water partition coefficient (Wildman–Crippen LogP) is 2.14. The first-order valence-corrected chi connectivity index (χ1v) is 7.20. The van der Waals surface area contributed by atoms with Crippen LogP contribution in [-0.4, -0.2) is 24.8 Å². The van der Waals surface area contributed by atoms with Gasteiger partial charge in [0.25, 0.3) is 5.91 Å². The van der Waals surface area contributed by atoms with Crippen LogP contribution in [0.4, 0.5) is 5.69 Å². The fourth-order valence-electron chi connectivity index (χ4n) is 2.67. The van der Waals surface area contributed by atoms with Crippen molar-refractivity contribution >= 4 is 17.6 Å². The number of anilines is 1. The quantitative estimate of drug-likeness (QED) is 0.860. The number of cyclic esters (lactones) is 1. The number of nitrogens with one attached hydrogen (secondary N) is 1. The van der Waals surface area contributed by atoms with Crippen LogP contribution in [0.25, 0.3) is 0 Å². The molecule has 0 aliphatic carbocycles. The van der Waals surface area contributed by atoms with Gasteiger partial charge in [-0.3, -0.25) is 4.79 Å². The molecule has 6 heteroatoms. The smallest absolute Gasteiger partial charge is 0.339 e. The van der Waals surface area contributed by atoms with E-state index >= 15 is 0 Å². The van der Waals surface area contributed by atoms with E-state index in [0.717, 1.165) is 5.56 Å². The predicted molar refractivity (Wildman–Crippen MR) is 80.5 cm³/mol. The Labute approximate surface area is 132 Å². The number of hydrogen-bond donors (Lipinski definition) is 1. The first kappa shape index (κ1) is 13.6. The highest BCUT2D eigenvalue weighted by Crippen LogP contribution is 2.34. The van der Waals surface area contributed by atoms with Crippen molar-refractivity contribution in [3.05, 3.63) is 53.6 Å². The van der Waals surface area contributed by atoms with Gasteiger partial charge in [-0.05, 0) is 23.8 Å². The van der Waals surface area contributed by atoms with Gasteiger partial charge in [0.2, 0.25) is 6.79 Å². The molecule has 1 atom stereocenters. The molecule has 0 saturated carbocycles. The van der Waals surface area contributed by atoms with Crippen LogP contribution in [0.15, 0.2) is 42.5 Å².